The summed E-state index contributed by atoms with van der Waals surface area (Å²) in [5.41, 5.74) is 0.516. The summed E-state index contributed by atoms with van der Waals surface area (Å²) >= 11 is 6.12. The number of carbonyl (C=O) groups excluding carboxylic acids is 1. The molecule has 0 aliphatic carbocycles. The van der Waals surface area contributed by atoms with Gasteiger partial charge in [0.1, 0.15) is 11.5 Å². The molecular weight excluding hydrogens is 304 g/mol. The first kappa shape index (κ1) is 17.1. The molecule has 1 fully saturated rings. The van der Waals surface area contributed by atoms with E-state index in [0.29, 0.717) is 28.5 Å². The Balaban J connectivity index is 2.01. The predicted molar refractivity (Wildman–Crippen MR) is 87.4 cm³/mol. The number of hydrogen-bond acceptors (Lipinski definition) is 5. The maximum Gasteiger partial charge on any atom is 0.167 e. The number of Topliss-reactive ketones (excluding diaryl/α,β-unsaturated/α-hetero) is 1. The summed E-state index contributed by atoms with van der Waals surface area (Å²) in [5.74, 6) is 1.05. The first-order chi connectivity index (χ1) is 10.5. The van der Waals surface area contributed by atoms with Crippen molar-refractivity contribution in [3.63, 3.8) is 0 Å². The molecule has 0 atom stereocenters. The van der Waals surface area contributed by atoms with Crippen LogP contribution in [-0.4, -0.2) is 69.6 Å². The van der Waals surface area contributed by atoms with Crippen LogP contribution in [0.2, 0.25) is 5.02 Å². The van der Waals surface area contributed by atoms with E-state index in [1.54, 1.807) is 19.2 Å². The third-order valence-corrected chi connectivity index (χ3v) is 4.32. The van der Waals surface area contributed by atoms with E-state index in [-0.39, 0.29) is 5.78 Å². The minimum atomic E-state index is 0.0420. The SMILES string of the molecule is COc1cc(OC)c(C(=O)CCN2CCN(C)CC2)cc1Cl. The third-order valence-electron chi connectivity index (χ3n) is 4.03. The molecule has 1 aromatic rings. The van der Waals surface area contributed by atoms with Crippen molar-refractivity contribution in [2.24, 2.45) is 0 Å². The van der Waals surface area contributed by atoms with Crippen molar-refractivity contribution in [1.82, 2.24) is 9.80 Å². The molecule has 0 amide bonds. The van der Waals surface area contributed by atoms with E-state index in [4.69, 9.17) is 21.1 Å². The van der Waals surface area contributed by atoms with E-state index in [1.165, 1.54) is 7.11 Å². The lowest BCUT2D eigenvalue weighted by Crippen LogP contribution is -2.45. The molecule has 1 aliphatic rings. The number of nitrogens with zero attached hydrogens (tertiary/aromatic N) is 2. The number of ether oxygens (including phenoxy) is 2. The van der Waals surface area contributed by atoms with Crippen molar-refractivity contribution in [3.05, 3.63) is 22.7 Å². The standard InChI is InChI=1S/C16H23ClN2O3/c1-18-6-8-19(9-7-18)5-4-14(20)12-10-13(17)16(22-3)11-15(12)21-2/h10-11H,4-9H2,1-3H3. The van der Waals surface area contributed by atoms with Crippen molar-refractivity contribution in [1.29, 1.82) is 0 Å². The highest BCUT2D eigenvalue weighted by Crippen LogP contribution is 2.33. The van der Waals surface area contributed by atoms with Crippen LogP contribution in [-0.2, 0) is 0 Å². The van der Waals surface area contributed by atoms with Gasteiger partial charge >= 0.3 is 0 Å². The Morgan fingerprint density at radius 3 is 2.36 bits per heavy atom. The fourth-order valence-electron chi connectivity index (χ4n) is 2.54. The van der Waals surface area contributed by atoms with Crippen LogP contribution in [0.25, 0.3) is 0 Å². The molecule has 1 heterocycles. The average Bonchev–Trinajstić information content (AvgIpc) is 2.53. The first-order valence-electron chi connectivity index (χ1n) is 7.40. The summed E-state index contributed by atoms with van der Waals surface area (Å²) in [4.78, 5) is 17.1. The zero-order valence-corrected chi connectivity index (χ0v) is 14.2. The number of methoxy groups -OCH3 is 2. The van der Waals surface area contributed by atoms with Gasteiger partial charge in [0.25, 0.3) is 0 Å². The van der Waals surface area contributed by atoms with E-state index in [0.717, 1.165) is 32.7 Å². The van der Waals surface area contributed by atoms with Crippen LogP contribution in [0.5, 0.6) is 11.5 Å². The first-order valence-corrected chi connectivity index (χ1v) is 7.78. The Bertz CT molecular complexity index is 528. The van der Waals surface area contributed by atoms with E-state index in [9.17, 15) is 4.79 Å². The molecule has 22 heavy (non-hydrogen) atoms. The second kappa shape index (κ2) is 7.81. The lowest BCUT2D eigenvalue weighted by atomic mass is 10.1. The van der Waals surface area contributed by atoms with Crippen LogP contribution >= 0.6 is 11.6 Å². The Morgan fingerprint density at radius 2 is 1.77 bits per heavy atom. The topological polar surface area (TPSA) is 42.0 Å². The van der Waals surface area contributed by atoms with Gasteiger partial charge in [-0.3, -0.25) is 4.79 Å². The molecule has 0 radical (unpaired) electrons. The Hall–Kier alpha value is -1.30. The quantitative estimate of drug-likeness (QED) is 0.750. The van der Waals surface area contributed by atoms with Crippen LogP contribution < -0.4 is 9.47 Å². The van der Waals surface area contributed by atoms with Crippen LogP contribution in [0.4, 0.5) is 0 Å². The van der Waals surface area contributed by atoms with Gasteiger partial charge in [-0.05, 0) is 13.1 Å². The summed E-state index contributed by atoms with van der Waals surface area (Å²) in [7, 11) is 5.20. The molecule has 0 spiro atoms. The van der Waals surface area contributed by atoms with Crippen molar-refractivity contribution < 1.29 is 14.3 Å². The number of halogens is 1. The Kier molecular flexibility index (Phi) is 6.06. The fraction of sp³-hybridized carbons (Fsp3) is 0.562. The molecule has 0 saturated carbocycles. The molecule has 0 aromatic heterocycles. The maximum absolute atomic E-state index is 12.5. The second-order valence-corrected chi connectivity index (χ2v) is 5.91. The van der Waals surface area contributed by atoms with Crippen molar-refractivity contribution in [3.8, 4) is 11.5 Å². The zero-order chi connectivity index (χ0) is 16.1. The predicted octanol–water partition coefficient (Wildman–Crippen LogP) is 2.18. The third kappa shape index (κ3) is 4.12. The minimum absolute atomic E-state index is 0.0420. The summed E-state index contributed by atoms with van der Waals surface area (Å²) in [6, 6.07) is 3.29. The smallest absolute Gasteiger partial charge is 0.167 e. The molecule has 1 aromatic carbocycles. The summed E-state index contributed by atoms with van der Waals surface area (Å²) in [6.07, 6.45) is 0.461. The maximum atomic E-state index is 12.5. The number of likely N-dealkylation sites (N-methyl/N-ethyl adjacent to an activating group) is 1. The normalized spacial score (nSPS) is 16.5. The second-order valence-electron chi connectivity index (χ2n) is 5.51. The van der Waals surface area contributed by atoms with Gasteiger partial charge in [0.05, 0.1) is 24.8 Å². The molecule has 5 nitrogen and oxygen atoms in total. The lowest BCUT2D eigenvalue weighted by Gasteiger charge is -2.32. The number of carbonyl (C=O) groups is 1. The van der Waals surface area contributed by atoms with Crippen LogP contribution in [0, 0.1) is 0 Å². The van der Waals surface area contributed by atoms with Crippen LogP contribution in [0.15, 0.2) is 12.1 Å². The molecular formula is C16H23ClN2O3. The number of piperazine rings is 1. The molecule has 0 unspecified atom stereocenters. The molecule has 122 valence electrons. The van der Waals surface area contributed by atoms with E-state index >= 15 is 0 Å². The highest BCUT2D eigenvalue weighted by Gasteiger charge is 2.19. The summed E-state index contributed by atoms with van der Waals surface area (Å²) < 4.78 is 10.4. The minimum Gasteiger partial charge on any atom is -0.496 e. The largest absolute Gasteiger partial charge is 0.496 e. The number of benzene rings is 1. The van der Waals surface area contributed by atoms with Crippen molar-refractivity contribution in [2.45, 2.75) is 6.42 Å². The van der Waals surface area contributed by atoms with Gasteiger partial charge in [-0.25, -0.2) is 0 Å². The van der Waals surface area contributed by atoms with Gasteiger partial charge in [0.2, 0.25) is 0 Å². The molecule has 2 rings (SSSR count). The van der Waals surface area contributed by atoms with Gasteiger partial charge in [0.15, 0.2) is 5.78 Å². The Labute approximate surface area is 136 Å². The molecule has 6 heteroatoms. The summed E-state index contributed by atoms with van der Waals surface area (Å²) in [5, 5.41) is 0.422. The Morgan fingerprint density at radius 1 is 1.14 bits per heavy atom. The van der Waals surface area contributed by atoms with Crippen LogP contribution in [0.1, 0.15) is 16.8 Å². The lowest BCUT2D eigenvalue weighted by molar-refractivity contribution is 0.0939. The highest BCUT2D eigenvalue weighted by atomic mass is 35.5. The van der Waals surface area contributed by atoms with Gasteiger partial charge in [-0.2, -0.15) is 0 Å². The van der Waals surface area contributed by atoms with Gasteiger partial charge < -0.3 is 19.3 Å². The van der Waals surface area contributed by atoms with E-state index in [2.05, 4.69) is 16.8 Å². The number of hydrogen-bond donors (Lipinski definition) is 0. The van der Waals surface area contributed by atoms with Crippen molar-refractivity contribution >= 4 is 17.4 Å². The molecule has 0 bridgehead atoms. The zero-order valence-electron chi connectivity index (χ0n) is 13.4. The molecule has 0 N–H and O–H groups in total. The van der Waals surface area contributed by atoms with Crippen LogP contribution in [0.3, 0.4) is 0 Å². The van der Waals surface area contributed by atoms with E-state index in [1.807, 2.05) is 0 Å². The van der Waals surface area contributed by atoms with Gasteiger partial charge in [-0.1, -0.05) is 11.6 Å². The highest BCUT2D eigenvalue weighted by molar-refractivity contribution is 6.32. The van der Waals surface area contributed by atoms with Gasteiger partial charge in [0, 0.05) is 45.2 Å². The monoisotopic (exact) mass is 326 g/mol. The average molecular weight is 327 g/mol. The van der Waals surface area contributed by atoms with Gasteiger partial charge in [-0.15, -0.1) is 0 Å². The number of ketones is 1. The fourth-order valence-corrected chi connectivity index (χ4v) is 2.78. The summed E-state index contributed by atoms with van der Waals surface area (Å²) in [6.45, 7) is 4.87. The molecule has 1 aliphatic heterocycles. The molecule has 1 saturated heterocycles. The van der Waals surface area contributed by atoms with E-state index < -0.39 is 0 Å². The number of rotatable bonds is 6. The van der Waals surface area contributed by atoms with Crippen molar-refractivity contribution in [2.75, 3.05) is 54.0 Å².